The average molecular weight is 794 g/mol. The fraction of sp³-hybridized carbons (Fsp3) is 0. The molecule has 7 nitrogen and oxygen atoms in total. The first-order valence-corrected chi connectivity index (χ1v) is 20.7. The molecule has 7 heteroatoms. The lowest BCUT2D eigenvalue weighted by Crippen LogP contribution is -2.07. The van der Waals surface area contributed by atoms with Crippen LogP contribution in [-0.4, -0.2) is 34.1 Å². The number of hydrogen-bond donors (Lipinski definition) is 0. The molecule has 0 spiro atoms. The maximum absolute atomic E-state index is 5.35. The van der Waals surface area contributed by atoms with Gasteiger partial charge in [-0.3, -0.25) is 9.13 Å². The lowest BCUT2D eigenvalue weighted by atomic mass is 10.1. The lowest BCUT2D eigenvalue weighted by Gasteiger charge is -2.13. The maximum Gasteiger partial charge on any atom is 0.238 e. The molecule has 0 N–H and O–H groups in total. The van der Waals surface area contributed by atoms with Crippen LogP contribution in [0.25, 0.3) is 112 Å². The van der Waals surface area contributed by atoms with E-state index < -0.39 is 0 Å². The molecule has 0 aliphatic rings. The van der Waals surface area contributed by atoms with Crippen LogP contribution in [0.3, 0.4) is 0 Å². The summed E-state index contributed by atoms with van der Waals surface area (Å²) in [7, 11) is 0. The predicted molar refractivity (Wildman–Crippen MR) is 251 cm³/mol. The van der Waals surface area contributed by atoms with Gasteiger partial charge in [0.2, 0.25) is 5.95 Å². The zero-order chi connectivity index (χ0) is 41.0. The highest BCUT2D eigenvalue weighted by Gasteiger charge is 2.24. The smallest absolute Gasteiger partial charge is 0.238 e. The van der Waals surface area contributed by atoms with Gasteiger partial charge in [-0.2, -0.15) is 9.97 Å². The molecule has 0 amide bonds. The molecular formula is C55H35N7. The van der Waals surface area contributed by atoms with Gasteiger partial charge in [-0.15, -0.1) is 0 Å². The molecule has 0 atom stereocenters. The normalized spacial score (nSPS) is 11.5. The van der Waals surface area contributed by atoms with E-state index >= 15 is 0 Å². The molecule has 0 fully saturated rings. The minimum atomic E-state index is 0.525. The molecular weight excluding hydrogens is 759 g/mol. The molecule has 7 aromatic carbocycles. The van der Waals surface area contributed by atoms with Crippen molar-refractivity contribution in [1.82, 2.24) is 34.1 Å². The molecule has 5 heterocycles. The van der Waals surface area contributed by atoms with Gasteiger partial charge in [-0.05, 0) is 36.4 Å². The first-order chi connectivity index (χ1) is 30.7. The van der Waals surface area contributed by atoms with Crippen LogP contribution in [-0.2, 0) is 0 Å². The van der Waals surface area contributed by atoms with E-state index in [9.17, 15) is 0 Å². The van der Waals surface area contributed by atoms with Gasteiger partial charge in [-0.25, -0.2) is 15.0 Å². The number of nitrogens with zero attached hydrogens (tertiary/aromatic N) is 7. The number of para-hydroxylation sites is 2. The van der Waals surface area contributed by atoms with E-state index in [0.29, 0.717) is 17.6 Å². The first-order valence-electron chi connectivity index (χ1n) is 20.7. The Bertz CT molecular complexity index is 3610. The molecule has 0 unspecified atom stereocenters. The third-order valence-electron chi connectivity index (χ3n) is 11.6. The van der Waals surface area contributed by atoms with E-state index in [4.69, 9.17) is 24.9 Å². The van der Waals surface area contributed by atoms with E-state index in [0.717, 1.165) is 94.3 Å². The molecule has 0 aliphatic heterocycles. The van der Waals surface area contributed by atoms with E-state index in [-0.39, 0.29) is 0 Å². The summed E-state index contributed by atoms with van der Waals surface area (Å²) in [6.45, 7) is 0. The highest BCUT2D eigenvalue weighted by atomic mass is 15.2. The van der Waals surface area contributed by atoms with Crippen molar-refractivity contribution >= 4 is 43.6 Å². The van der Waals surface area contributed by atoms with E-state index in [1.54, 1.807) is 0 Å². The zero-order valence-electron chi connectivity index (χ0n) is 33.3. The van der Waals surface area contributed by atoms with Gasteiger partial charge in [0.15, 0.2) is 11.6 Å². The lowest BCUT2D eigenvalue weighted by molar-refractivity contribution is 0.952. The van der Waals surface area contributed by atoms with Crippen molar-refractivity contribution < 1.29 is 0 Å². The van der Waals surface area contributed by atoms with Crippen molar-refractivity contribution in [3.63, 3.8) is 0 Å². The Morgan fingerprint density at radius 3 is 1.26 bits per heavy atom. The minimum absolute atomic E-state index is 0.525. The van der Waals surface area contributed by atoms with Crippen LogP contribution in [0, 0.1) is 0 Å². The number of fused-ring (bicyclic) bond motifs is 7. The Morgan fingerprint density at radius 1 is 0.258 bits per heavy atom. The quantitative estimate of drug-likeness (QED) is 0.161. The Hall–Kier alpha value is -8.55. The van der Waals surface area contributed by atoms with Gasteiger partial charge >= 0.3 is 0 Å². The van der Waals surface area contributed by atoms with Crippen LogP contribution in [0.2, 0.25) is 0 Å². The van der Waals surface area contributed by atoms with E-state index in [1.165, 1.54) is 0 Å². The Morgan fingerprint density at radius 2 is 0.677 bits per heavy atom. The maximum atomic E-state index is 5.35. The highest BCUT2D eigenvalue weighted by Crippen LogP contribution is 2.41. The van der Waals surface area contributed by atoms with Crippen molar-refractivity contribution in [2.24, 2.45) is 0 Å². The van der Waals surface area contributed by atoms with Crippen molar-refractivity contribution in [3.8, 4) is 68.3 Å². The summed E-state index contributed by atoms with van der Waals surface area (Å²) in [5, 5.41) is 4.44. The second kappa shape index (κ2) is 14.6. The van der Waals surface area contributed by atoms with Crippen molar-refractivity contribution in [3.05, 3.63) is 212 Å². The Labute approximate surface area is 356 Å². The fourth-order valence-electron chi connectivity index (χ4n) is 8.73. The number of rotatable bonds is 7. The van der Waals surface area contributed by atoms with Gasteiger partial charge in [0.05, 0.1) is 39.1 Å². The SMILES string of the molecule is c1ccc(-c2cccc(-c3ccc(-c4nc(-c5ccccc5)nc(-n5c6ccccc6c6ccc7c8ccccc8n(-c8cccc(-c9ccccc9)n8)c7c65)n4)cc3)n2)cc1. The van der Waals surface area contributed by atoms with Crippen LogP contribution in [0.4, 0.5) is 0 Å². The second-order valence-corrected chi connectivity index (χ2v) is 15.3. The van der Waals surface area contributed by atoms with Crippen LogP contribution >= 0.6 is 0 Å². The summed E-state index contributed by atoms with van der Waals surface area (Å²) in [6.07, 6.45) is 0. The number of aromatic nitrogens is 7. The van der Waals surface area contributed by atoms with Crippen LogP contribution in [0.5, 0.6) is 0 Å². The molecule has 12 aromatic rings. The van der Waals surface area contributed by atoms with Crippen molar-refractivity contribution in [1.29, 1.82) is 0 Å². The van der Waals surface area contributed by atoms with Crippen molar-refractivity contribution in [2.75, 3.05) is 0 Å². The standard InChI is InChI=1S/C55H35N7/c1-4-16-36(17-5-1)45-24-14-25-46(56-45)38-30-32-40(33-31-38)54-58-53(39-20-8-3-9-21-39)59-55(60-54)62-49-28-13-11-23-42(49)44-35-34-43-41-22-10-12-27-48(41)61(51(43)52(44)62)50-29-15-26-47(57-50)37-18-6-2-7-19-37/h1-35H. The third kappa shape index (κ3) is 5.94. The van der Waals surface area contributed by atoms with Crippen LogP contribution in [0.15, 0.2) is 212 Å². The summed E-state index contributed by atoms with van der Waals surface area (Å²) >= 11 is 0. The summed E-state index contributed by atoms with van der Waals surface area (Å²) < 4.78 is 4.52. The Kier molecular flexibility index (Phi) is 8.35. The largest absolute Gasteiger partial charge is 0.292 e. The number of benzene rings is 7. The number of pyridine rings is 2. The van der Waals surface area contributed by atoms with Gasteiger partial charge in [0, 0.05) is 49.4 Å². The van der Waals surface area contributed by atoms with Crippen molar-refractivity contribution in [2.45, 2.75) is 0 Å². The Balaban J connectivity index is 1.10. The van der Waals surface area contributed by atoms with Crippen LogP contribution < -0.4 is 0 Å². The monoisotopic (exact) mass is 793 g/mol. The van der Waals surface area contributed by atoms with Gasteiger partial charge in [0.25, 0.3) is 0 Å². The fourth-order valence-corrected chi connectivity index (χ4v) is 8.73. The van der Waals surface area contributed by atoms with Gasteiger partial charge in [-0.1, -0.05) is 176 Å². The van der Waals surface area contributed by atoms with Crippen LogP contribution in [0.1, 0.15) is 0 Å². The summed E-state index contributed by atoms with van der Waals surface area (Å²) in [4.78, 5) is 26.1. The number of hydrogen-bond acceptors (Lipinski definition) is 5. The highest BCUT2D eigenvalue weighted by molar-refractivity contribution is 6.23. The van der Waals surface area contributed by atoms with Gasteiger partial charge < -0.3 is 0 Å². The molecule has 0 saturated heterocycles. The van der Waals surface area contributed by atoms with E-state index in [1.807, 2.05) is 66.7 Å². The molecule has 5 aromatic heterocycles. The first kappa shape index (κ1) is 35.4. The summed E-state index contributed by atoms with van der Waals surface area (Å²) in [5.74, 6) is 2.51. The van der Waals surface area contributed by atoms with E-state index in [2.05, 4.69) is 155 Å². The second-order valence-electron chi connectivity index (χ2n) is 15.3. The van der Waals surface area contributed by atoms with Gasteiger partial charge in [0.1, 0.15) is 5.82 Å². The summed E-state index contributed by atoms with van der Waals surface area (Å²) in [5.41, 5.74) is 11.7. The summed E-state index contributed by atoms with van der Waals surface area (Å²) in [6, 6.07) is 73.0. The molecule has 12 rings (SSSR count). The predicted octanol–water partition coefficient (Wildman–Crippen LogP) is 13.2. The molecule has 62 heavy (non-hydrogen) atoms. The molecule has 290 valence electrons. The minimum Gasteiger partial charge on any atom is -0.292 e. The average Bonchev–Trinajstić information content (AvgIpc) is 3.88. The third-order valence-corrected chi connectivity index (χ3v) is 11.6. The zero-order valence-corrected chi connectivity index (χ0v) is 33.3. The molecule has 0 saturated carbocycles. The molecule has 0 aliphatic carbocycles. The molecule has 0 bridgehead atoms. The molecule has 0 radical (unpaired) electrons. The topological polar surface area (TPSA) is 74.3 Å².